The van der Waals surface area contributed by atoms with Gasteiger partial charge in [-0.05, 0) is 0 Å². The van der Waals surface area contributed by atoms with Crippen LogP contribution in [0.1, 0.15) is 0 Å². The fourth-order valence-corrected chi connectivity index (χ4v) is 1.04. The van der Waals surface area contributed by atoms with Crippen molar-refractivity contribution in [3.05, 3.63) is 48.6 Å². The van der Waals surface area contributed by atoms with Crippen LogP contribution >= 0.6 is 0 Å². The van der Waals surface area contributed by atoms with Gasteiger partial charge in [0.25, 0.3) is 0 Å². The number of rotatable bonds is 5. The summed E-state index contributed by atoms with van der Waals surface area (Å²) in [7, 11) is 0. The Kier molecular flexibility index (Phi) is 494. The van der Waals surface area contributed by atoms with E-state index in [0.717, 1.165) is 0 Å². The smallest absolute Gasteiger partial charge is 0 e. The topological polar surface area (TPSA) is 0 Å². The predicted molar refractivity (Wildman–Crippen MR) is 46.0 cm³/mol. The molecule has 0 saturated heterocycles. The molecule has 0 saturated carbocycles. The summed E-state index contributed by atoms with van der Waals surface area (Å²) in [4.78, 5) is 0. The van der Waals surface area contributed by atoms with Crippen LogP contribution in [0.3, 0.4) is 0 Å². The fourth-order valence-electron chi connectivity index (χ4n) is 0.436. The van der Waals surface area contributed by atoms with Crippen molar-refractivity contribution in [3.63, 3.8) is 0 Å². The van der Waals surface area contributed by atoms with Gasteiger partial charge in [-0.15, -0.1) is 0 Å². The first-order chi connectivity index (χ1) is 5.81. The Morgan fingerprint density at radius 1 is 0.483 bits per heavy atom. The van der Waals surface area contributed by atoms with Crippen LogP contribution in [0.15, 0.2) is 36.0 Å². The van der Waals surface area contributed by atoms with E-state index in [9.17, 15) is 0 Å². The molecule has 0 rings (SSSR count). The minimum atomic E-state index is 0. The zero-order valence-electron chi connectivity index (χ0n) is 13.4. The van der Waals surface area contributed by atoms with E-state index >= 15 is 0 Å². The Bertz CT molecular complexity index is 264. The molecule has 0 fully saturated rings. The van der Waals surface area contributed by atoms with Gasteiger partial charge >= 0.3 is 96.1 Å². The minimum Gasteiger partial charge on any atom is 0 e. The second-order valence-corrected chi connectivity index (χ2v) is 3.74. The van der Waals surface area contributed by atoms with Crippen LogP contribution in [-0.4, -0.2) is 8.80 Å². The van der Waals surface area contributed by atoms with E-state index in [0.29, 0.717) is 5.57 Å². The van der Waals surface area contributed by atoms with Crippen LogP contribution < -0.4 is 0 Å². The molecule has 0 aromatic carbocycles. The van der Waals surface area contributed by atoms with Crippen LogP contribution in [0.25, 0.3) is 0 Å². The van der Waals surface area contributed by atoms with Crippen molar-refractivity contribution >= 4 is 8.80 Å². The average Bonchev–Trinajstić information content (AvgIpc) is 2.09. The van der Waals surface area contributed by atoms with Gasteiger partial charge in [0, 0.05) is 358 Å². The molecule has 29 heavy (non-hydrogen) atoms. The number of hydrogen-bond donors (Lipinski definition) is 0. The summed E-state index contributed by atoms with van der Waals surface area (Å²) >= 11 is 2.86. The zero-order valence-corrected chi connectivity index (χ0v) is 69.1. The summed E-state index contributed by atoms with van der Waals surface area (Å²) in [6, 6.07) is 0. The molecule has 0 bridgehead atoms. The maximum atomic E-state index is 5.58. The van der Waals surface area contributed by atoms with Crippen LogP contribution in [-0.2, 0) is 397 Å². The van der Waals surface area contributed by atoms with E-state index < -0.39 is 0 Å². The molecule has 0 amide bonds. The quantitative estimate of drug-likeness (QED) is 0.290. The van der Waals surface area contributed by atoms with Crippen molar-refractivity contribution in [2.24, 2.45) is 0 Å². The summed E-state index contributed by atoms with van der Waals surface area (Å²) in [5.74, 6) is 0. The van der Waals surface area contributed by atoms with Crippen LogP contribution in [0.5, 0.6) is 0 Å². The van der Waals surface area contributed by atoms with Gasteiger partial charge in [0.05, 0.1) is 0 Å². The van der Waals surface area contributed by atoms with Crippen molar-refractivity contribution in [3.8, 4) is 0 Å². The first kappa shape index (κ1) is 124. The third kappa shape index (κ3) is 120. The average molecular weight is 3620 g/mol. The van der Waals surface area contributed by atoms with E-state index in [4.69, 9.17) is 6.58 Å². The van der Waals surface area contributed by atoms with Gasteiger partial charge in [-0.25, -0.2) is 0 Å². The molecular weight excluding hydrogens is 3610 g/mol. The molecule has 0 aliphatic rings. The summed E-state index contributed by atoms with van der Waals surface area (Å²) in [5, 5.41) is 0. The van der Waals surface area contributed by atoms with Crippen molar-refractivity contribution < 1.29 is 397 Å². The Morgan fingerprint density at radius 2 is 0.759 bits per heavy atom. The van der Waals surface area contributed by atoms with Gasteiger partial charge in [0.1, 0.15) is 0 Å². The summed E-state index contributed by atoms with van der Waals surface area (Å²) < 4.78 is 4.04. The second kappa shape index (κ2) is 115. The molecule has 0 aromatic rings. The minimum absolute atomic E-state index is 0. The molecule has 0 heterocycles. The third-order valence-electron chi connectivity index (χ3n) is 0.890. The molecule has 0 radical (unpaired) electrons. The van der Waals surface area contributed by atoms with E-state index in [2.05, 4.69) is 6.08 Å². The van der Waals surface area contributed by atoms with Crippen LogP contribution in [0.2, 0.25) is 0 Å². The standard InChI is InChI=1S/C10H8.19W/c1-4-6-7-9-10(3)8-5-2;;;;;;;;;;;;;;;;;;;/h1-8H;;;;;;;;;;;;;;;;;;;/q-2;;;;;;;;;;;;;;;;;;;/b6-4-,8-5-;;;;;;;;;;;;;;;;;;;. The first-order valence-electron chi connectivity index (χ1n) is 3.25. The Morgan fingerprint density at radius 3 is 1.00 bits per heavy atom. The van der Waals surface area contributed by atoms with E-state index in [1.807, 2.05) is 39.2 Å². The number of hydrogen-bond acceptors (Lipinski definition) is 0. The molecule has 0 nitrogen and oxygen atoms in total. The van der Waals surface area contributed by atoms with Gasteiger partial charge in [0.2, 0.25) is 0 Å². The molecular formula is C10H8W19-2. The zero-order chi connectivity index (χ0) is 9.23. The molecule has 164 valence electrons. The van der Waals surface area contributed by atoms with Crippen LogP contribution in [0, 0.1) is 12.7 Å². The third-order valence-corrected chi connectivity index (χ3v) is 2.02. The fraction of sp³-hybridized carbons (Fsp3) is 0. The normalized spacial score (nSPS) is 4.69. The largest absolute Gasteiger partial charge is 0 e. The SMILES string of the molecule is [CH-]=C([C-]=C/C=C\[CH]=[W])/C=C\[CH]=[W].[W].[W].[W].[W].[W].[W].[W].[W].[W].[W].[W].[W].[W].[W].[W].[W].[W]. The molecule has 0 N–H and O–H groups in total. The van der Waals surface area contributed by atoms with Crippen molar-refractivity contribution in [1.29, 1.82) is 0 Å². The monoisotopic (exact) mass is 3620 g/mol. The summed E-state index contributed by atoms with van der Waals surface area (Å²) in [5.41, 5.74) is 0.653. The first-order valence-corrected chi connectivity index (χ1v) is 6.64. The van der Waals surface area contributed by atoms with E-state index in [1.54, 1.807) is 0 Å². The maximum absolute atomic E-state index is 5.58. The van der Waals surface area contributed by atoms with E-state index in [-0.39, 0.29) is 358 Å². The summed E-state index contributed by atoms with van der Waals surface area (Å²) in [6.45, 7) is 5.58. The molecule has 0 unspecified atom stereocenters. The molecule has 19 heteroatoms. The van der Waals surface area contributed by atoms with Crippen molar-refractivity contribution in [2.45, 2.75) is 0 Å². The molecule has 0 aliphatic carbocycles. The van der Waals surface area contributed by atoms with Gasteiger partial charge in [-0.3, -0.25) is 0 Å². The Hall–Kier alpha value is 11.8. The van der Waals surface area contributed by atoms with Crippen molar-refractivity contribution in [2.75, 3.05) is 0 Å². The van der Waals surface area contributed by atoms with Gasteiger partial charge < -0.3 is 0 Å². The molecule has 0 aliphatic heterocycles. The van der Waals surface area contributed by atoms with Crippen molar-refractivity contribution in [1.82, 2.24) is 0 Å². The molecule has 0 aromatic heterocycles. The summed E-state index contributed by atoms with van der Waals surface area (Å²) in [6.07, 6.45) is 12.4. The second-order valence-electron chi connectivity index (χ2n) is 1.78. The van der Waals surface area contributed by atoms with Gasteiger partial charge in [-0.2, -0.15) is 0 Å². The Balaban J connectivity index is -0.00000000445. The van der Waals surface area contributed by atoms with E-state index in [1.165, 1.54) is 38.7 Å². The predicted octanol–water partition coefficient (Wildman–Crippen LogP) is 1.47. The Labute approximate surface area is 442 Å². The maximum Gasteiger partial charge on any atom is 0 e. The molecule has 0 atom stereocenters. The van der Waals surface area contributed by atoms with Gasteiger partial charge in [-0.1, -0.05) is 0 Å². The van der Waals surface area contributed by atoms with Gasteiger partial charge in [0.15, 0.2) is 0 Å². The number of allylic oxidation sites excluding steroid dienone is 7. The molecule has 0 spiro atoms. The van der Waals surface area contributed by atoms with Crippen LogP contribution in [0.4, 0.5) is 0 Å².